The molecule has 1 fully saturated rings. The molecule has 33 heavy (non-hydrogen) atoms. The van der Waals surface area contributed by atoms with E-state index in [1.807, 2.05) is 32.0 Å². The number of hydrogen-bond acceptors (Lipinski definition) is 5. The van der Waals surface area contributed by atoms with Gasteiger partial charge in [0.1, 0.15) is 11.8 Å². The molecule has 1 unspecified atom stereocenters. The van der Waals surface area contributed by atoms with Crippen molar-refractivity contribution in [3.05, 3.63) is 29.3 Å². The fourth-order valence-electron chi connectivity index (χ4n) is 3.96. The van der Waals surface area contributed by atoms with Gasteiger partial charge < -0.3 is 19.7 Å². The largest absolute Gasteiger partial charge is 0.483 e. The van der Waals surface area contributed by atoms with Gasteiger partial charge in [0.15, 0.2) is 6.61 Å². The van der Waals surface area contributed by atoms with Gasteiger partial charge in [-0.1, -0.05) is 64.0 Å². The number of aryl methyl sites for hydroxylation is 1. The van der Waals surface area contributed by atoms with Crippen molar-refractivity contribution in [3.8, 4) is 5.75 Å². The van der Waals surface area contributed by atoms with Gasteiger partial charge in [0.05, 0.1) is 13.0 Å². The van der Waals surface area contributed by atoms with Gasteiger partial charge >= 0.3 is 5.97 Å². The molecule has 0 aromatic heterocycles. The van der Waals surface area contributed by atoms with Crippen molar-refractivity contribution in [1.29, 1.82) is 0 Å². The summed E-state index contributed by atoms with van der Waals surface area (Å²) in [5, 5.41) is 2.74. The molecule has 0 spiro atoms. The first-order valence-corrected chi connectivity index (χ1v) is 12.4. The van der Waals surface area contributed by atoms with Crippen LogP contribution in [0.1, 0.15) is 75.8 Å². The Morgan fingerprint density at radius 2 is 1.76 bits per heavy atom. The molecule has 0 bridgehead atoms. The highest BCUT2D eigenvalue weighted by atomic mass is 16.5. The predicted octanol–water partition coefficient (Wildman–Crippen LogP) is 4.08. The molecule has 7 heteroatoms. The van der Waals surface area contributed by atoms with E-state index >= 15 is 0 Å². The smallest absolute Gasteiger partial charge is 0.308 e. The number of carbonyl (C=O) groups excluding carboxylic acids is 3. The fraction of sp³-hybridized carbons (Fsp3) is 0.654. The molecule has 1 aliphatic rings. The Kier molecular flexibility index (Phi) is 11.8. The van der Waals surface area contributed by atoms with Crippen LogP contribution in [0.15, 0.2) is 18.2 Å². The Hall–Kier alpha value is -2.57. The number of benzene rings is 1. The van der Waals surface area contributed by atoms with Crippen molar-refractivity contribution in [2.75, 3.05) is 26.3 Å². The van der Waals surface area contributed by atoms with E-state index in [2.05, 4.69) is 12.2 Å². The lowest BCUT2D eigenvalue weighted by atomic mass is 10.1. The number of esters is 1. The first kappa shape index (κ1) is 26.7. The zero-order chi connectivity index (χ0) is 24.1. The molecule has 1 saturated heterocycles. The fourth-order valence-corrected chi connectivity index (χ4v) is 3.96. The number of amides is 2. The minimum absolute atomic E-state index is 0.141. The summed E-state index contributed by atoms with van der Waals surface area (Å²) < 4.78 is 11.1. The van der Waals surface area contributed by atoms with Crippen LogP contribution in [0.4, 0.5) is 0 Å². The maximum absolute atomic E-state index is 12.8. The van der Waals surface area contributed by atoms with Gasteiger partial charge in [-0.2, -0.15) is 0 Å². The summed E-state index contributed by atoms with van der Waals surface area (Å²) in [5.41, 5.74) is 2.05. The Balaban J connectivity index is 1.75. The molecule has 0 radical (unpaired) electrons. The lowest BCUT2D eigenvalue weighted by Crippen LogP contribution is -2.58. The molecule has 0 aliphatic carbocycles. The molecule has 1 heterocycles. The molecular weight excluding hydrogens is 420 g/mol. The van der Waals surface area contributed by atoms with Gasteiger partial charge in [-0.3, -0.25) is 14.4 Å². The number of carbonyl (C=O) groups is 3. The van der Waals surface area contributed by atoms with Gasteiger partial charge in [0.25, 0.3) is 5.91 Å². The average molecular weight is 461 g/mol. The van der Waals surface area contributed by atoms with Gasteiger partial charge in [-0.05, 0) is 37.5 Å². The summed E-state index contributed by atoms with van der Waals surface area (Å²) in [6.07, 6.45) is 9.18. The molecule has 1 aromatic carbocycles. The Labute approximate surface area is 198 Å². The minimum atomic E-state index is -0.862. The Morgan fingerprint density at radius 3 is 2.48 bits per heavy atom. The third kappa shape index (κ3) is 9.06. The molecule has 1 N–H and O–H groups in total. The van der Waals surface area contributed by atoms with E-state index < -0.39 is 12.0 Å². The van der Waals surface area contributed by atoms with Crippen LogP contribution in [-0.2, 0) is 19.1 Å². The van der Waals surface area contributed by atoms with E-state index in [9.17, 15) is 14.4 Å². The highest BCUT2D eigenvalue weighted by Gasteiger charge is 2.35. The summed E-state index contributed by atoms with van der Waals surface area (Å²) in [6, 6.07) is 4.81. The first-order valence-electron chi connectivity index (χ1n) is 12.4. The van der Waals surface area contributed by atoms with Crippen molar-refractivity contribution < 1.29 is 23.9 Å². The van der Waals surface area contributed by atoms with Crippen LogP contribution >= 0.6 is 0 Å². The second-order valence-electron chi connectivity index (χ2n) is 8.78. The van der Waals surface area contributed by atoms with E-state index in [1.54, 1.807) is 0 Å². The Bertz CT molecular complexity index is 780. The number of hydrogen-bond donors (Lipinski definition) is 1. The summed E-state index contributed by atoms with van der Waals surface area (Å²) in [4.78, 5) is 38.9. The van der Waals surface area contributed by atoms with Crippen LogP contribution in [0.25, 0.3) is 0 Å². The normalized spacial score (nSPS) is 15.8. The van der Waals surface area contributed by atoms with Crippen LogP contribution in [0.3, 0.4) is 0 Å². The molecule has 1 aromatic rings. The van der Waals surface area contributed by atoms with Crippen molar-refractivity contribution in [3.63, 3.8) is 0 Å². The van der Waals surface area contributed by atoms with Crippen molar-refractivity contribution >= 4 is 17.8 Å². The summed E-state index contributed by atoms with van der Waals surface area (Å²) in [7, 11) is 0. The summed E-state index contributed by atoms with van der Waals surface area (Å²) in [6.45, 7) is 7.01. The van der Waals surface area contributed by atoms with Crippen LogP contribution in [0.2, 0.25) is 0 Å². The van der Waals surface area contributed by atoms with E-state index in [0.717, 1.165) is 30.4 Å². The van der Waals surface area contributed by atoms with Crippen LogP contribution in [-0.4, -0.2) is 55.0 Å². The molecule has 1 atom stereocenters. The average Bonchev–Trinajstić information content (AvgIpc) is 2.80. The SMILES string of the molecule is CCCCCCCCCCOC(=O)CC1C(=O)NCCN1C(=O)COc1cccc(C)c1C. The minimum Gasteiger partial charge on any atom is -0.483 e. The number of ether oxygens (including phenoxy) is 2. The highest BCUT2D eigenvalue weighted by molar-refractivity contribution is 5.92. The third-order valence-corrected chi connectivity index (χ3v) is 6.18. The van der Waals surface area contributed by atoms with Gasteiger partial charge in [-0.15, -0.1) is 0 Å². The van der Waals surface area contributed by atoms with Crippen molar-refractivity contribution in [2.24, 2.45) is 0 Å². The van der Waals surface area contributed by atoms with Crippen LogP contribution in [0.5, 0.6) is 5.75 Å². The second kappa shape index (κ2) is 14.6. The molecule has 1 aliphatic heterocycles. The van der Waals surface area contributed by atoms with Crippen LogP contribution < -0.4 is 10.1 Å². The van der Waals surface area contributed by atoms with Gasteiger partial charge in [0.2, 0.25) is 5.91 Å². The molecule has 7 nitrogen and oxygen atoms in total. The van der Waals surface area contributed by atoms with E-state index in [0.29, 0.717) is 25.4 Å². The summed E-state index contributed by atoms with van der Waals surface area (Å²) in [5.74, 6) is -0.448. The molecule has 184 valence electrons. The maximum Gasteiger partial charge on any atom is 0.308 e. The van der Waals surface area contributed by atoms with E-state index in [4.69, 9.17) is 9.47 Å². The monoisotopic (exact) mass is 460 g/mol. The molecule has 2 rings (SSSR count). The number of nitrogens with one attached hydrogen (secondary N) is 1. The third-order valence-electron chi connectivity index (χ3n) is 6.18. The Morgan fingerprint density at radius 1 is 1.06 bits per heavy atom. The number of rotatable bonds is 14. The number of nitrogens with zero attached hydrogens (tertiary/aromatic N) is 1. The predicted molar refractivity (Wildman–Crippen MR) is 128 cm³/mol. The zero-order valence-corrected chi connectivity index (χ0v) is 20.5. The lowest BCUT2D eigenvalue weighted by Gasteiger charge is -2.34. The maximum atomic E-state index is 12.8. The number of piperazine rings is 1. The van der Waals surface area contributed by atoms with Gasteiger partial charge in [-0.25, -0.2) is 0 Å². The van der Waals surface area contributed by atoms with E-state index in [1.165, 1.54) is 37.0 Å². The molecular formula is C26H40N2O5. The van der Waals surface area contributed by atoms with Crippen molar-refractivity contribution in [2.45, 2.75) is 84.6 Å². The molecule has 0 saturated carbocycles. The topological polar surface area (TPSA) is 84.9 Å². The summed E-state index contributed by atoms with van der Waals surface area (Å²) >= 11 is 0. The van der Waals surface area contributed by atoms with Crippen molar-refractivity contribution in [1.82, 2.24) is 10.2 Å². The zero-order valence-electron chi connectivity index (χ0n) is 20.5. The standard InChI is InChI=1S/C26H40N2O5/c1-4-5-6-7-8-9-10-11-17-32-25(30)18-22-26(31)27-15-16-28(22)24(29)19-33-23-14-12-13-20(2)21(23)3/h12-14,22H,4-11,15-19H2,1-3H3,(H,27,31). The van der Waals surface area contributed by atoms with Crippen LogP contribution in [0, 0.1) is 13.8 Å². The quantitative estimate of drug-likeness (QED) is 0.334. The van der Waals surface area contributed by atoms with E-state index in [-0.39, 0.29) is 24.8 Å². The number of unbranched alkanes of at least 4 members (excludes halogenated alkanes) is 7. The highest BCUT2D eigenvalue weighted by Crippen LogP contribution is 2.21. The first-order chi connectivity index (χ1) is 15.9. The lowest BCUT2D eigenvalue weighted by molar-refractivity contribution is -0.152. The van der Waals surface area contributed by atoms with Gasteiger partial charge in [0, 0.05) is 13.1 Å². The second-order valence-corrected chi connectivity index (χ2v) is 8.78. The molecule has 2 amide bonds.